The minimum atomic E-state index is -3.72. The number of carbonyl (C=O) groups excluding carboxylic acids is 3. The predicted molar refractivity (Wildman–Crippen MR) is 102 cm³/mol. The first-order valence-corrected chi connectivity index (χ1v) is 11.4. The van der Waals surface area contributed by atoms with E-state index in [1.165, 1.54) is 32.5 Å². The molecule has 2 aliphatic heterocycles. The number of hydrogen-bond donors (Lipinski definition) is 1. The van der Waals surface area contributed by atoms with Crippen molar-refractivity contribution in [2.45, 2.75) is 57.0 Å². The van der Waals surface area contributed by atoms with E-state index in [1.807, 2.05) is 0 Å². The Morgan fingerprint density at radius 2 is 1.76 bits per heavy atom. The van der Waals surface area contributed by atoms with Gasteiger partial charge in [-0.1, -0.05) is 11.8 Å². The van der Waals surface area contributed by atoms with Crippen molar-refractivity contribution in [2.24, 2.45) is 4.99 Å². The quantitative estimate of drug-likeness (QED) is 0.317. The lowest BCUT2D eigenvalue weighted by molar-refractivity contribution is -0.208. The molecule has 11 nitrogen and oxygen atoms in total. The second-order valence-electron chi connectivity index (χ2n) is 6.42. The van der Waals surface area contributed by atoms with E-state index in [4.69, 9.17) is 18.9 Å². The monoisotopic (exact) mass is 453 g/mol. The van der Waals surface area contributed by atoms with E-state index in [9.17, 15) is 23.8 Å². The van der Waals surface area contributed by atoms with Gasteiger partial charge < -0.3 is 28.4 Å². The second kappa shape index (κ2) is 10.0. The zero-order valence-corrected chi connectivity index (χ0v) is 18.1. The van der Waals surface area contributed by atoms with Crippen molar-refractivity contribution < 1.29 is 47.3 Å². The van der Waals surface area contributed by atoms with Crippen LogP contribution in [-0.4, -0.2) is 77.5 Å². The highest BCUT2D eigenvalue weighted by atomic mass is 32.2. The van der Waals surface area contributed by atoms with Gasteiger partial charge in [-0.2, -0.15) is 0 Å². The normalized spacial score (nSPS) is 30.5. The molecule has 1 unspecified atom stereocenters. The molecule has 0 aromatic carbocycles. The number of thioether (sulfide) groups is 1. The van der Waals surface area contributed by atoms with Crippen LogP contribution in [0.3, 0.4) is 0 Å². The Morgan fingerprint density at radius 3 is 2.31 bits per heavy atom. The van der Waals surface area contributed by atoms with Crippen LogP contribution in [0.1, 0.15) is 27.2 Å². The Morgan fingerprint density at radius 1 is 1.14 bits per heavy atom. The standard InChI is InChI=1S/C16H24NO10PS/c1-8(18)24-7-11-14(25-9(2)19)15(26-10(3)20)13-16(27-11)29-12(17-13)5-6-28(21,22)23-4/h11,13-16H,5-7H2,1-4H3,(H,21,22)/t11-,13-,14-,15-,16-/m1/s1. The van der Waals surface area contributed by atoms with Crippen LogP contribution >= 0.6 is 19.4 Å². The van der Waals surface area contributed by atoms with E-state index >= 15 is 0 Å². The van der Waals surface area contributed by atoms with E-state index in [0.29, 0.717) is 5.04 Å². The molecule has 1 saturated heterocycles. The topological polar surface area (TPSA) is 147 Å². The highest BCUT2D eigenvalue weighted by Gasteiger charge is 2.53. The first kappa shape index (κ1) is 23.8. The van der Waals surface area contributed by atoms with E-state index in [-0.39, 0.29) is 19.2 Å². The van der Waals surface area contributed by atoms with Crippen LogP contribution in [0.15, 0.2) is 4.99 Å². The Labute approximate surface area is 172 Å². The Balaban J connectivity index is 2.24. The molecule has 0 aromatic heterocycles. The first-order chi connectivity index (χ1) is 13.5. The summed E-state index contributed by atoms with van der Waals surface area (Å²) in [6.45, 7) is 3.43. The van der Waals surface area contributed by atoms with Crippen molar-refractivity contribution in [3.8, 4) is 0 Å². The first-order valence-electron chi connectivity index (χ1n) is 8.76. The molecule has 0 spiro atoms. The molecule has 0 bridgehead atoms. The van der Waals surface area contributed by atoms with Gasteiger partial charge in [0.15, 0.2) is 12.2 Å². The molecule has 29 heavy (non-hydrogen) atoms. The number of ether oxygens (including phenoxy) is 4. The SMILES string of the molecule is COP(=O)(O)CCC1=N[C@@H]2[C@@H](OC(C)=O)[C@H](OC(C)=O)[C@@H](COC(C)=O)O[C@@H]2S1. The molecule has 1 fully saturated rings. The van der Waals surface area contributed by atoms with E-state index in [2.05, 4.69) is 9.52 Å². The molecule has 0 saturated carbocycles. The van der Waals surface area contributed by atoms with Crippen molar-refractivity contribution >= 4 is 42.3 Å². The van der Waals surface area contributed by atoms with Gasteiger partial charge in [-0.3, -0.25) is 23.9 Å². The fourth-order valence-corrected chi connectivity index (χ4v) is 4.95. The van der Waals surface area contributed by atoms with Gasteiger partial charge in [0, 0.05) is 34.3 Å². The molecule has 1 N–H and O–H groups in total. The summed E-state index contributed by atoms with van der Waals surface area (Å²) >= 11 is 1.20. The smallest absolute Gasteiger partial charge is 0.328 e. The van der Waals surface area contributed by atoms with Crippen LogP contribution in [0.2, 0.25) is 0 Å². The molecular weight excluding hydrogens is 429 g/mol. The van der Waals surface area contributed by atoms with Crippen molar-refractivity contribution in [2.75, 3.05) is 19.9 Å². The maximum absolute atomic E-state index is 11.7. The number of aliphatic imine (C=N–C) groups is 1. The number of nitrogens with zero attached hydrogens (tertiary/aromatic N) is 1. The van der Waals surface area contributed by atoms with E-state index in [1.54, 1.807) is 0 Å². The van der Waals surface area contributed by atoms with Gasteiger partial charge in [-0.25, -0.2) is 0 Å². The Hall–Kier alpha value is -1.46. The van der Waals surface area contributed by atoms with Crippen molar-refractivity contribution in [3.05, 3.63) is 0 Å². The second-order valence-corrected chi connectivity index (χ2v) is 9.68. The van der Waals surface area contributed by atoms with Crippen molar-refractivity contribution in [1.29, 1.82) is 0 Å². The summed E-state index contributed by atoms with van der Waals surface area (Å²) in [6, 6.07) is -0.697. The van der Waals surface area contributed by atoms with Gasteiger partial charge in [0.2, 0.25) is 0 Å². The number of esters is 3. The molecule has 2 aliphatic rings. The molecule has 13 heteroatoms. The maximum Gasteiger partial charge on any atom is 0.328 e. The van der Waals surface area contributed by atoms with Gasteiger partial charge in [-0.15, -0.1) is 0 Å². The highest BCUT2D eigenvalue weighted by molar-refractivity contribution is 8.14. The fraction of sp³-hybridized carbons (Fsp3) is 0.750. The third-order valence-electron chi connectivity index (χ3n) is 4.11. The molecule has 2 heterocycles. The Bertz CT molecular complexity index is 728. The largest absolute Gasteiger partial charge is 0.463 e. The highest BCUT2D eigenvalue weighted by Crippen LogP contribution is 2.44. The van der Waals surface area contributed by atoms with Gasteiger partial charge in [-0.05, 0) is 0 Å². The van der Waals surface area contributed by atoms with Gasteiger partial charge >= 0.3 is 25.5 Å². The van der Waals surface area contributed by atoms with Crippen molar-refractivity contribution in [3.63, 3.8) is 0 Å². The van der Waals surface area contributed by atoms with E-state index in [0.717, 1.165) is 7.11 Å². The van der Waals surface area contributed by atoms with Crippen LogP contribution in [0.25, 0.3) is 0 Å². The minimum absolute atomic E-state index is 0.142. The summed E-state index contributed by atoms with van der Waals surface area (Å²) in [5.74, 6) is -1.78. The van der Waals surface area contributed by atoms with Crippen LogP contribution in [0.5, 0.6) is 0 Å². The summed E-state index contributed by atoms with van der Waals surface area (Å²) in [5, 5.41) is 0.512. The van der Waals surface area contributed by atoms with E-state index < -0.39 is 55.3 Å². The summed E-state index contributed by atoms with van der Waals surface area (Å²) in [6.07, 6.45) is -2.87. The summed E-state index contributed by atoms with van der Waals surface area (Å²) in [4.78, 5) is 48.5. The number of hydrogen-bond acceptors (Lipinski definition) is 11. The average molecular weight is 453 g/mol. The molecule has 0 amide bonds. The van der Waals surface area contributed by atoms with Crippen LogP contribution in [0.4, 0.5) is 0 Å². The maximum atomic E-state index is 11.7. The lowest BCUT2D eigenvalue weighted by Gasteiger charge is -2.41. The van der Waals surface area contributed by atoms with Gasteiger partial charge in [0.05, 0.1) is 11.2 Å². The average Bonchev–Trinajstić information content (AvgIpc) is 3.02. The minimum Gasteiger partial charge on any atom is -0.463 e. The van der Waals surface area contributed by atoms with Crippen LogP contribution in [-0.2, 0) is 42.4 Å². The predicted octanol–water partition coefficient (Wildman–Crippen LogP) is 0.874. The molecular formula is C16H24NO10PS. The fourth-order valence-electron chi connectivity index (χ4n) is 2.90. The zero-order chi connectivity index (χ0) is 21.8. The van der Waals surface area contributed by atoms with Gasteiger partial charge in [0.1, 0.15) is 24.2 Å². The third kappa shape index (κ3) is 6.78. The summed E-state index contributed by atoms with van der Waals surface area (Å²) in [5.41, 5.74) is -0.609. The van der Waals surface area contributed by atoms with Crippen molar-refractivity contribution in [1.82, 2.24) is 0 Å². The van der Waals surface area contributed by atoms with Crippen LogP contribution in [0, 0.1) is 0 Å². The molecule has 0 radical (unpaired) electrons. The third-order valence-corrected chi connectivity index (χ3v) is 6.67. The zero-order valence-electron chi connectivity index (χ0n) is 16.4. The number of rotatable bonds is 8. The molecule has 0 aromatic rings. The Kier molecular flexibility index (Phi) is 8.24. The van der Waals surface area contributed by atoms with Crippen LogP contribution < -0.4 is 0 Å². The lowest BCUT2D eigenvalue weighted by Crippen LogP contribution is -2.59. The summed E-state index contributed by atoms with van der Waals surface area (Å²) in [7, 11) is -2.57. The van der Waals surface area contributed by atoms with Gasteiger partial charge in [0.25, 0.3) is 0 Å². The lowest BCUT2D eigenvalue weighted by atomic mass is 9.98. The summed E-state index contributed by atoms with van der Waals surface area (Å²) < 4.78 is 37.9. The number of fused-ring (bicyclic) bond motifs is 1. The number of carbonyl (C=O) groups is 3. The molecule has 2 rings (SSSR count). The molecule has 6 atom stereocenters. The molecule has 0 aliphatic carbocycles. The molecule has 164 valence electrons.